The molecule has 0 unspecified atom stereocenters. The lowest BCUT2D eigenvalue weighted by atomic mass is 9.91. The summed E-state index contributed by atoms with van der Waals surface area (Å²) in [5.41, 5.74) is 32.9. The minimum Gasteiger partial charge on any atom is -0.497 e. The van der Waals surface area contributed by atoms with Gasteiger partial charge in [-0.3, -0.25) is 20.1 Å². The number of guanidine groups is 2. The molecule has 0 radical (unpaired) electrons. The van der Waals surface area contributed by atoms with Crippen LogP contribution in [0.4, 0.5) is 29.2 Å². The van der Waals surface area contributed by atoms with E-state index in [4.69, 9.17) is 62.4 Å². The van der Waals surface area contributed by atoms with Crippen molar-refractivity contribution >= 4 is 90.3 Å². The number of hydrogen-bond acceptors (Lipinski definition) is 21. The number of anilines is 4. The van der Waals surface area contributed by atoms with Crippen LogP contribution in [0.25, 0.3) is 49.2 Å². The molecule has 0 bridgehead atoms. The standard InChI is InChI=1S/C19H17N5O3.C13H17NO.C11H13N5O.C9H7NO4.C7H9NO.C2H4N4/c1-10-13-9-11(26-2)7-8-14(13)21-18(20-10)24-19-22-16-12(17(25)23-19)5-4-6-15(16)27-3;1-9-8-13(2,3)14-12-6-5-10(15-4)7-11(9)12;1-6-8-5-7(17-2)3-4-9(8)15-11(14-6)16-10(12)13;1-13-6-4-2-3-5-7(6)10-9(12)14-8(5)11;1-9-7-4-2-6(8)3-5-7;3-1-6-2(4)5/h4-9H,1-3H3,(H2,20,21,22,23,24,25);5-8,14H,1-4H3;3-5H,1-2H3,(H4,12,13,14,15,16);2-4H,1H3,(H,10,12);2-5H,8H2,1H3;(H4,4,5,6). The van der Waals surface area contributed by atoms with Crippen LogP contribution in [-0.4, -0.2) is 95.0 Å². The topological polar surface area (TPSA) is 418 Å². The molecule has 14 N–H and O–H groups in total. The number of para-hydroxylation sites is 2. The van der Waals surface area contributed by atoms with Gasteiger partial charge in [-0.05, 0) is 143 Å². The van der Waals surface area contributed by atoms with Gasteiger partial charge in [0.15, 0.2) is 5.96 Å². The average Bonchev–Trinajstić information content (AvgIpc) is 1.80. The predicted molar refractivity (Wildman–Crippen MR) is 342 cm³/mol. The molecular weight excluding hydrogens is 1130 g/mol. The van der Waals surface area contributed by atoms with Crippen molar-refractivity contribution in [2.75, 3.05) is 59.0 Å². The Morgan fingerprint density at radius 3 is 1.74 bits per heavy atom. The molecule has 10 aromatic rings. The van der Waals surface area contributed by atoms with Gasteiger partial charge in [0.25, 0.3) is 11.5 Å². The molecule has 0 atom stereocenters. The van der Waals surface area contributed by atoms with E-state index in [0.29, 0.717) is 39.3 Å². The molecule has 27 nitrogen and oxygen atoms in total. The van der Waals surface area contributed by atoms with Gasteiger partial charge >= 0.3 is 11.4 Å². The highest BCUT2D eigenvalue weighted by molar-refractivity contribution is 5.87. The fraction of sp³-hybridized carbons (Fsp3) is 0.197. The van der Waals surface area contributed by atoms with Gasteiger partial charge in [-0.1, -0.05) is 18.2 Å². The number of aliphatic imine (C=N–C) groups is 2. The van der Waals surface area contributed by atoms with E-state index in [9.17, 15) is 14.4 Å². The number of rotatable bonds is 9. The quantitative estimate of drug-likeness (QED) is 0.0290. The number of allylic oxidation sites excluding steroid dienone is 1. The Bertz CT molecular complexity index is 4420. The van der Waals surface area contributed by atoms with E-state index in [0.717, 1.165) is 61.9 Å². The fourth-order valence-electron chi connectivity index (χ4n) is 8.46. The van der Waals surface area contributed by atoms with Crippen molar-refractivity contribution in [1.82, 2.24) is 34.9 Å². The lowest BCUT2D eigenvalue weighted by Gasteiger charge is -2.31. The average molecular weight is 1200 g/mol. The molecule has 0 aliphatic carbocycles. The molecule has 88 heavy (non-hydrogen) atoms. The molecule has 27 heteroatoms. The van der Waals surface area contributed by atoms with Crippen LogP contribution in [0.1, 0.15) is 37.7 Å². The molecule has 1 aliphatic rings. The zero-order valence-corrected chi connectivity index (χ0v) is 50.1. The van der Waals surface area contributed by atoms with Gasteiger partial charge in [0, 0.05) is 27.7 Å². The van der Waals surface area contributed by atoms with E-state index < -0.39 is 11.4 Å². The van der Waals surface area contributed by atoms with E-state index in [1.54, 1.807) is 77.0 Å². The Labute approximate surface area is 503 Å². The molecule has 0 saturated carbocycles. The number of aromatic nitrogens is 7. The van der Waals surface area contributed by atoms with Crippen LogP contribution in [0.3, 0.4) is 0 Å². The summed E-state index contributed by atoms with van der Waals surface area (Å²) in [6.07, 6.45) is 3.65. The van der Waals surface area contributed by atoms with Crippen LogP contribution >= 0.6 is 0 Å². The second kappa shape index (κ2) is 30.0. The van der Waals surface area contributed by atoms with Gasteiger partial charge in [0.05, 0.1) is 81.4 Å². The predicted octanol–water partition coefficient (Wildman–Crippen LogP) is 7.60. The highest BCUT2D eigenvalue weighted by atomic mass is 16.5. The van der Waals surface area contributed by atoms with Crippen molar-refractivity contribution in [3.8, 4) is 40.7 Å². The first-order valence-electron chi connectivity index (χ1n) is 26.3. The molecule has 0 amide bonds. The van der Waals surface area contributed by atoms with E-state index in [2.05, 4.69) is 98.9 Å². The zero-order valence-electron chi connectivity index (χ0n) is 50.1. The van der Waals surface area contributed by atoms with Crippen LogP contribution in [0, 0.1) is 25.3 Å². The summed E-state index contributed by atoms with van der Waals surface area (Å²) in [7, 11) is 9.55. The molecule has 6 aromatic carbocycles. The molecule has 0 saturated heterocycles. The Hall–Kier alpha value is -12.0. The number of nitrogens with zero attached hydrogens (tertiary/aromatic N) is 8. The van der Waals surface area contributed by atoms with Crippen molar-refractivity contribution in [2.45, 2.75) is 40.2 Å². The minimum atomic E-state index is -0.785. The number of hydrogen-bond donors (Lipinski definition) is 9. The minimum absolute atomic E-state index is 0.0334. The summed E-state index contributed by atoms with van der Waals surface area (Å²) in [5.74, 6) is 4.00. The number of H-pyrrole nitrogens is 2. The van der Waals surface area contributed by atoms with Gasteiger partial charge in [0.2, 0.25) is 24.0 Å². The Morgan fingerprint density at radius 2 is 1.17 bits per heavy atom. The molecule has 4 aromatic heterocycles. The van der Waals surface area contributed by atoms with Crippen molar-refractivity contribution in [2.24, 2.45) is 32.9 Å². The number of aromatic amines is 2. The second-order valence-corrected chi connectivity index (χ2v) is 19.1. The number of nitriles is 1. The number of methoxy groups -OCH3 is 6. The summed E-state index contributed by atoms with van der Waals surface area (Å²) in [6, 6.07) is 34.6. The number of fused-ring (bicyclic) bond motifs is 5. The van der Waals surface area contributed by atoms with Crippen LogP contribution in [-0.2, 0) is 0 Å². The normalized spacial score (nSPS) is 11.3. The number of nitrogen functional groups attached to an aromatic ring is 1. The SMILES string of the molecule is COc1ccc(N)cc1.COc1ccc2c(c1)C(C)=CC(C)(C)N2.COc1ccc2nc(N=C(N)N)nc(C)c2c1.COc1ccc2nc(Nc3nc4c(OC)cccc4c(=O)[nH]3)nc(C)c2c1.COc1cccc2c(=O)oc(=O)[nH]c12.N#CN=C(N)N. The van der Waals surface area contributed by atoms with E-state index in [1.807, 2.05) is 68.4 Å². The Balaban J connectivity index is 0.000000178. The zero-order chi connectivity index (χ0) is 64.2. The highest BCUT2D eigenvalue weighted by Crippen LogP contribution is 2.36. The van der Waals surface area contributed by atoms with Gasteiger partial charge < -0.3 is 66.8 Å². The summed E-state index contributed by atoms with van der Waals surface area (Å²) >= 11 is 0. The lowest BCUT2D eigenvalue weighted by Crippen LogP contribution is -2.31. The highest BCUT2D eigenvalue weighted by Gasteiger charge is 2.22. The lowest BCUT2D eigenvalue weighted by molar-refractivity contribution is 0.414. The summed E-state index contributed by atoms with van der Waals surface area (Å²) < 4.78 is 35.2. The van der Waals surface area contributed by atoms with Crippen molar-refractivity contribution in [1.29, 1.82) is 5.26 Å². The third kappa shape index (κ3) is 17.6. The van der Waals surface area contributed by atoms with Gasteiger partial charge in [-0.25, -0.2) is 34.5 Å². The Morgan fingerprint density at radius 1 is 0.614 bits per heavy atom. The van der Waals surface area contributed by atoms with Crippen LogP contribution in [0.15, 0.2) is 150 Å². The molecule has 0 spiro atoms. The van der Waals surface area contributed by atoms with Crippen LogP contribution in [0.2, 0.25) is 0 Å². The van der Waals surface area contributed by atoms with E-state index in [1.165, 1.54) is 37.2 Å². The second-order valence-electron chi connectivity index (χ2n) is 19.1. The monoisotopic (exact) mass is 1200 g/mol. The van der Waals surface area contributed by atoms with Crippen LogP contribution < -0.4 is 84.7 Å². The van der Waals surface area contributed by atoms with Gasteiger partial charge in [-0.15, -0.1) is 4.99 Å². The molecule has 5 heterocycles. The maximum atomic E-state index is 12.4. The fourth-order valence-corrected chi connectivity index (χ4v) is 8.46. The maximum absolute atomic E-state index is 12.4. The third-order valence-electron chi connectivity index (χ3n) is 12.4. The van der Waals surface area contributed by atoms with Gasteiger partial charge in [0.1, 0.15) is 45.5 Å². The number of nitrogens with two attached hydrogens (primary N) is 5. The summed E-state index contributed by atoms with van der Waals surface area (Å²) in [4.78, 5) is 68.2. The van der Waals surface area contributed by atoms with E-state index in [-0.39, 0.29) is 34.9 Å². The molecule has 1 aliphatic heterocycles. The van der Waals surface area contributed by atoms with Crippen molar-refractivity contribution < 1.29 is 32.8 Å². The van der Waals surface area contributed by atoms with Crippen molar-refractivity contribution in [3.05, 3.63) is 170 Å². The molecule has 0 fully saturated rings. The van der Waals surface area contributed by atoms with Crippen LogP contribution in [0.5, 0.6) is 34.5 Å². The van der Waals surface area contributed by atoms with E-state index >= 15 is 0 Å². The first-order chi connectivity index (χ1) is 42.0. The number of aryl methyl sites for hydroxylation is 2. The molecule has 11 rings (SSSR count). The smallest absolute Gasteiger partial charge is 0.419 e. The van der Waals surface area contributed by atoms with Crippen molar-refractivity contribution in [3.63, 3.8) is 0 Å². The molecular formula is C61H67N17O10. The largest absolute Gasteiger partial charge is 0.497 e. The Kier molecular flexibility index (Phi) is 22.3. The number of benzene rings is 6. The number of nitrogens with one attached hydrogen (secondary N) is 4. The third-order valence-corrected chi connectivity index (χ3v) is 12.4. The first kappa shape index (κ1) is 65.2. The number of ether oxygens (including phenoxy) is 6. The van der Waals surface area contributed by atoms with Gasteiger partial charge in [-0.2, -0.15) is 10.3 Å². The summed E-state index contributed by atoms with van der Waals surface area (Å²) in [6.45, 7) is 10.2. The maximum Gasteiger partial charge on any atom is 0.419 e. The molecule has 456 valence electrons. The summed E-state index contributed by atoms with van der Waals surface area (Å²) in [5, 5.41) is 16.6. The first-order valence-corrected chi connectivity index (χ1v) is 26.3.